The van der Waals surface area contributed by atoms with E-state index in [1.807, 2.05) is 7.05 Å². The Morgan fingerprint density at radius 3 is 1.88 bits per heavy atom. The van der Waals surface area contributed by atoms with E-state index in [-0.39, 0.29) is 0 Å². The molecule has 0 spiro atoms. The molecule has 3 heteroatoms. The average molecular weight is 244 g/mol. The molecule has 0 aromatic carbocycles. The van der Waals surface area contributed by atoms with Gasteiger partial charge in [0.1, 0.15) is 0 Å². The van der Waals surface area contributed by atoms with Gasteiger partial charge in [-0.3, -0.25) is 4.90 Å². The Labute approximate surface area is 108 Å². The minimum atomic E-state index is 0.321. The molecule has 104 valence electrons. The van der Waals surface area contributed by atoms with Gasteiger partial charge in [-0.05, 0) is 40.7 Å². The van der Waals surface area contributed by atoms with Gasteiger partial charge in [-0.15, -0.1) is 0 Å². The molecule has 1 N–H and O–H groups in total. The molecule has 0 aliphatic rings. The van der Waals surface area contributed by atoms with Crippen molar-refractivity contribution in [2.24, 2.45) is 5.92 Å². The number of nitrogens with one attached hydrogen (secondary N) is 1. The molecule has 0 aliphatic carbocycles. The van der Waals surface area contributed by atoms with Gasteiger partial charge in [0.2, 0.25) is 0 Å². The Morgan fingerprint density at radius 2 is 1.53 bits per heavy atom. The van der Waals surface area contributed by atoms with Crippen molar-refractivity contribution in [3.8, 4) is 0 Å². The van der Waals surface area contributed by atoms with E-state index >= 15 is 0 Å². The molecule has 0 fully saturated rings. The van der Waals surface area contributed by atoms with Crippen LogP contribution in [-0.2, 0) is 4.74 Å². The van der Waals surface area contributed by atoms with Crippen molar-refractivity contribution in [1.29, 1.82) is 0 Å². The van der Waals surface area contributed by atoms with Crippen molar-refractivity contribution in [1.82, 2.24) is 10.2 Å². The summed E-state index contributed by atoms with van der Waals surface area (Å²) in [6.07, 6.45) is 0.321. The second-order valence-electron chi connectivity index (χ2n) is 5.64. The van der Waals surface area contributed by atoms with E-state index in [0.717, 1.165) is 19.7 Å². The van der Waals surface area contributed by atoms with Crippen molar-refractivity contribution >= 4 is 0 Å². The molecule has 0 radical (unpaired) electrons. The highest BCUT2D eigenvalue weighted by molar-refractivity contribution is 4.69. The lowest BCUT2D eigenvalue weighted by Crippen LogP contribution is -2.41. The van der Waals surface area contributed by atoms with E-state index in [9.17, 15) is 0 Å². The topological polar surface area (TPSA) is 24.5 Å². The largest absolute Gasteiger partial charge is 0.375 e. The van der Waals surface area contributed by atoms with Crippen LogP contribution in [0.15, 0.2) is 0 Å². The summed E-state index contributed by atoms with van der Waals surface area (Å²) in [4.78, 5) is 2.47. The lowest BCUT2D eigenvalue weighted by atomic mass is 10.1. The normalized spacial score (nSPS) is 14.3. The highest BCUT2D eigenvalue weighted by Gasteiger charge is 2.16. The Bertz CT molecular complexity index is 173. The SMILES string of the molecule is CNCC(OCCN(C(C)C)C(C)C)C(C)C. The van der Waals surface area contributed by atoms with E-state index in [0.29, 0.717) is 24.1 Å². The second-order valence-corrected chi connectivity index (χ2v) is 5.64. The predicted molar refractivity (Wildman–Crippen MR) is 75.5 cm³/mol. The summed E-state index contributed by atoms with van der Waals surface area (Å²) < 4.78 is 5.97. The molecule has 0 aromatic rings. The molecule has 0 saturated heterocycles. The average Bonchev–Trinajstić information content (AvgIpc) is 2.20. The van der Waals surface area contributed by atoms with Gasteiger partial charge < -0.3 is 10.1 Å². The first kappa shape index (κ1) is 16.9. The Morgan fingerprint density at radius 1 is 1.00 bits per heavy atom. The van der Waals surface area contributed by atoms with Crippen LogP contribution in [0, 0.1) is 5.92 Å². The summed E-state index contributed by atoms with van der Waals surface area (Å²) in [6, 6.07) is 1.17. The van der Waals surface area contributed by atoms with Gasteiger partial charge in [-0.25, -0.2) is 0 Å². The summed E-state index contributed by atoms with van der Waals surface area (Å²) in [5, 5.41) is 3.19. The smallest absolute Gasteiger partial charge is 0.0722 e. The lowest BCUT2D eigenvalue weighted by molar-refractivity contribution is 0.00352. The Kier molecular flexibility index (Phi) is 8.83. The molecule has 0 heterocycles. The molecule has 0 saturated carbocycles. The predicted octanol–water partition coefficient (Wildman–Crippen LogP) is 2.37. The van der Waals surface area contributed by atoms with E-state index < -0.39 is 0 Å². The Hall–Kier alpha value is -0.120. The molecule has 17 heavy (non-hydrogen) atoms. The number of hydrogen-bond donors (Lipinski definition) is 1. The molecule has 0 bridgehead atoms. The molecule has 0 amide bonds. The lowest BCUT2D eigenvalue weighted by Gasteiger charge is -2.31. The summed E-state index contributed by atoms with van der Waals surface area (Å²) in [5.41, 5.74) is 0. The minimum absolute atomic E-state index is 0.321. The summed E-state index contributed by atoms with van der Waals surface area (Å²) in [7, 11) is 1.98. The van der Waals surface area contributed by atoms with Crippen LogP contribution in [0.3, 0.4) is 0 Å². The number of likely N-dealkylation sites (N-methyl/N-ethyl adjacent to an activating group) is 1. The minimum Gasteiger partial charge on any atom is -0.375 e. The van der Waals surface area contributed by atoms with Gasteiger partial charge in [0.25, 0.3) is 0 Å². The zero-order valence-electron chi connectivity index (χ0n) is 12.8. The third-order valence-corrected chi connectivity index (χ3v) is 3.16. The number of rotatable bonds is 9. The van der Waals surface area contributed by atoms with Crippen molar-refractivity contribution in [2.45, 2.75) is 59.7 Å². The first-order valence-electron chi connectivity index (χ1n) is 6.92. The Balaban J connectivity index is 4.00. The summed E-state index contributed by atoms with van der Waals surface area (Å²) in [6.45, 7) is 16.2. The van der Waals surface area contributed by atoms with E-state index in [1.54, 1.807) is 0 Å². The summed E-state index contributed by atoms with van der Waals surface area (Å²) >= 11 is 0. The van der Waals surface area contributed by atoms with Crippen molar-refractivity contribution in [3.63, 3.8) is 0 Å². The molecule has 0 aromatic heterocycles. The first-order chi connectivity index (χ1) is 7.90. The number of hydrogen-bond acceptors (Lipinski definition) is 3. The van der Waals surface area contributed by atoms with Crippen molar-refractivity contribution < 1.29 is 4.74 Å². The third-order valence-electron chi connectivity index (χ3n) is 3.16. The number of nitrogens with zero attached hydrogens (tertiary/aromatic N) is 1. The fourth-order valence-corrected chi connectivity index (χ4v) is 2.11. The van der Waals surface area contributed by atoms with E-state index in [1.165, 1.54) is 0 Å². The molecule has 0 rings (SSSR count). The van der Waals surface area contributed by atoms with Crippen LogP contribution in [-0.4, -0.2) is 49.8 Å². The quantitative estimate of drug-likeness (QED) is 0.674. The zero-order valence-corrected chi connectivity index (χ0v) is 12.8. The van der Waals surface area contributed by atoms with Crippen molar-refractivity contribution in [3.05, 3.63) is 0 Å². The molecule has 0 aliphatic heterocycles. The highest BCUT2D eigenvalue weighted by Crippen LogP contribution is 2.08. The fourth-order valence-electron chi connectivity index (χ4n) is 2.11. The van der Waals surface area contributed by atoms with Crippen LogP contribution < -0.4 is 5.32 Å². The van der Waals surface area contributed by atoms with Gasteiger partial charge in [0.15, 0.2) is 0 Å². The van der Waals surface area contributed by atoms with Crippen LogP contribution >= 0.6 is 0 Å². The molecular weight excluding hydrogens is 212 g/mol. The van der Waals surface area contributed by atoms with Crippen LogP contribution in [0.2, 0.25) is 0 Å². The maximum absolute atomic E-state index is 5.97. The monoisotopic (exact) mass is 244 g/mol. The van der Waals surface area contributed by atoms with Gasteiger partial charge in [0.05, 0.1) is 12.7 Å². The number of ether oxygens (including phenoxy) is 1. The van der Waals surface area contributed by atoms with Crippen LogP contribution in [0.1, 0.15) is 41.5 Å². The fraction of sp³-hybridized carbons (Fsp3) is 1.00. The standard InChI is InChI=1S/C14H32N2O/c1-11(2)14(10-15-7)17-9-8-16(12(3)4)13(5)6/h11-15H,8-10H2,1-7H3. The molecule has 3 nitrogen and oxygen atoms in total. The van der Waals surface area contributed by atoms with Gasteiger partial charge >= 0.3 is 0 Å². The maximum Gasteiger partial charge on any atom is 0.0722 e. The molecular formula is C14H32N2O. The van der Waals surface area contributed by atoms with Gasteiger partial charge in [-0.2, -0.15) is 0 Å². The zero-order chi connectivity index (χ0) is 13.4. The van der Waals surface area contributed by atoms with Crippen LogP contribution in [0.5, 0.6) is 0 Å². The maximum atomic E-state index is 5.97. The van der Waals surface area contributed by atoms with E-state index in [4.69, 9.17) is 4.74 Å². The van der Waals surface area contributed by atoms with Crippen LogP contribution in [0.4, 0.5) is 0 Å². The van der Waals surface area contributed by atoms with Crippen molar-refractivity contribution in [2.75, 3.05) is 26.7 Å². The third kappa shape index (κ3) is 7.02. The van der Waals surface area contributed by atoms with Gasteiger partial charge in [-0.1, -0.05) is 13.8 Å². The summed E-state index contributed by atoms with van der Waals surface area (Å²) in [5.74, 6) is 0.564. The van der Waals surface area contributed by atoms with Gasteiger partial charge in [0, 0.05) is 25.2 Å². The molecule has 1 atom stereocenters. The highest BCUT2D eigenvalue weighted by atomic mass is 16.5. The first-order valence-corrected chi connectivity index (χ1v) is 6.92. The second kappa shape index (κ2) is 8.90. The van der Waals surface area contributed by atoms with E-state index in [2.05, 4.69) is 51.8 Å². The molecule has 1 unspecified atom stereocenters. The van der Waals surface area contributed by atoms with Crippen LogP contribution in [0.25, 0.3) is 0 Å².